The molecule has 1 unspecified atom stereocenters. The number of aliphatic hydroxyl groups excluding tert-OH is 1. The van der Waals surface area contributed by atoms with Crippen molar-refractivity contribution in [3.63, 3.8) is 0 Å². The first-order chi connectivity index (χ1) is 9.61. The second kappa shape index (κ2) is 9.44. The number of amides is 2. The SMILES string of the molecule is CC(CCO)CNC(=O)NCCOc1cccc(Cl)c1. The molecule has 0 aliphatic rings. The van der Waals surface area contributed by atoms with Crippen LogP contribution in [0.25, 0.3) is 0 Å². The number of benzene rings is 1. The van der Waals surface area contributed by atoms with Gasteiger partial charge in [0.1, 0.15) is 12.4 Å². The van der Waals surface area contributed by atoms with Crippen molar-refractivity contribution in [3.8, 4) is 5.75 Å². The summed E-state index contributed by atoms with van der Waals surface area (Å²) in [4.78, 5) is 11.5. The molecule has 3 N–H and O–H groups in total. The predicted molar refractivity (Wildman–Crippen MR) is 79.2 cm³/mol. The van der Waals surface area contributed by atoms with E-state index in [9.17, 15) is 4.79 Å². The Morgan fingerprint density at radius 1 is 1.45 bits per heavy atom. The van der Waals surface area contributed by atoms with E-state index in [2.05, 4.69) is 10.6 Å². The predicted octanol–water partition coefficient (Wildman–Crippen LogP) is 2.04. The second-order valence-electron chi connectivity index (χ2n) is 4.56. The third-order valence-corrected chi connectivity index (χ3v) is 2.92. The molecule has 0 saturated heterocycles. The quantitative estimate of drug-likeness (QED) is 0.643. The minimum atomic E-state index is -0.232. The van der Waals surface area contributed by atoms with Gasteiger partial charge in [-0.15, -0.1) is 0 Å². The molecular formula is C14H21ClN2O3. The topological polar surface area (TPSA) is 70.6 Å². The molecule has 1 aromatic rings. The van der Waals surface area contributed by atoms with Crippen LogP contribution in [0.1, 0.15) is 13.3 Å². The molecule has 1 atom stereocenters. The zero-order valence-corrected chi connectivity index (χ0v) is 12.3. The van der Waals surface area contributed by atoms with Gasteiger partial charge in [0.25, 0.3) is 0 Å². The Balaban J connectivity index is 2.10. The van der Waals surface area contributed by atoms with Crippen LogP contribution in [0.5, 0.6) is 5.75 Å². The van der Waals surface area contributed by atoms with Gasteiger partial charge in [-0.2, -0.15) is 0 Å². The van der Waals surface area contributed by atoms with Gasteiger partial charge in [0.05, 0.1) is 6.54 Å². The summed E-state index contributed by atoms with van der Waals surface area (Å²) in [7, 11) is 0. The average Bonchev–Trinajstić information content (AvgIpc) is 2.42. The van der Waals surface area contributed by atoms with Gasteiger partial charge in [-0.1, -0.05) is 24.6 Å². The Hall–Kier alpha value is -1.46. The molecule has 0 aliphatic heterocycles. The molecule has 20 heavy (non-hydrogen) atoms. The highest BCUT2D eigenvalue weighted by molar-refractivity contribution is 6.30. The normalized spacial score (nSPS) is 11.8. The Labute approximate surface area is 124 Å². The van der Waals surface area contributed by atoms with Crippen molar-refractivity contribution in [2.75, 3.05) is 26.3 Å². The summed E-state index contributed by atoms with van der Waals surface area (Å²) < 4.78 is 5.44. The van der Waals surface area contributed by atoms with Crippen LogP contribution in [-0.2, 0) is 0 Å². The van der Waals surface area contributed by atoms with Crippen molar-refractivity contribution in [1.82, 2.24) is 10.6 Å². The maximum Gasteiger partial charge on any atom is 0.314 e. The van der Waals surface area contributed by atoms with E-state index in [0.717, 1.165) is 0 Å². The van der Waals surface area contributed by atoms with Crippen LogP contribution in [0.4, 0.5) is 4.79 Å². The first-order valence-corrected chi connectivity index (χ1v) is 7.00. The highest BCUT2D eigenvalue weighted by Crippen LogP contribution is 2.16. The molecule has 2 amide bonds. The van der Waals surface area contributed by atoms with Crippen LogP contribution in [0.2, 0.25) is 5.02 Å². The van der Waals surface area contributed by atoms with Crippen LogP contribution in [0.15, 0.2) is 24.3 Å². The van der Waals surface area contributed by atoms with Crippen LogP contribution < -0.4 is 15.4 Å². The number of halogens is 1. The lowest BCUT2D eigenvalue weighted by Crippen LogP contribution is -2.39. The van der Waals surface area contributed by atoms with Gasteiger partial charge in [-0.25, -0.2) is 4.79 Å². The molecule has 1 aromatic carbocycles. The summed E-state index contributed by atoms with van der Waals surface area (Å²) in [5.74, 6) is 0.935. The summed E-state index contributed by atoms with van der Waals surface area (Å²) in [5.41, 5.74) is 0. The summed E-state index contributed by atoms with van der Waals surface area (Å²) in [6, 6.07) is 6.87. The van der Waals surface area contributed by atoms with Crippen molar-refractivity contribution in [2.24, 2.45) is 5.92 Å². The Kier molecular flexibility index (Phi) is 7.84. The van der Waals surface area contributed by atoms with Crippen LogP contribution in [0, 0.1) is 5.92 Å². The van der Waals surface area contributed by atoms with Crippen LogP contribution in [0.3, 0.4) is 0 Å². The van der Waals surface area contributed by atoms with E-state index in [1.54, 1.807) is 18.2 Å². The number of rotatable bonds is 8. The highest BCUT2D eigenvalue weighted by atomic mass is 35.5. The molecule has 0 bridgehead atoms. The van der Waals surface area contributed by atoms with Gasteiger partial charge in [-0.05, 0) is 30.5 Å². The van der Waals surface area contributed by atoms with E-state index in [-0.39, 0.29) is 18.6 Å². The molecular weight excluding hydrogens is 280 g/mol. The maximum atomic E-state index is 11.5. The molecule has 112 valence electrons. The summed E-state index contributed by atoms with van der Waals surface area (Å²) in [6.07, 6.45) is 0.679. The number of hydrogen-bond acceptors (Lipinski definition) is 3. The number of aliphatic hydroxyl groups is 1. The summed E-state index contributed by atoms with van der Waals surface area (Å²) >= 11 is 5.83. The van der Waals surface area contributed by atoms with Gasteiger partial charge in [0.15, 0.2) is 0 Å². The molecule has 0 saturated carbocycles. The Morgan fingerprint density at radius 3 is 2.95 bits per heavy atom. The number of carbonyl (C=O) groups excluding carboxylic acids is 1. The summed E-state index contributed by atoms with van der Waals surface area (Å²) in [5, 5.41) is 14.8. The number of nitrogens with one attached hydrogen (secondary N) is 2. The van der Waals surface area contributed by atoms with Crippen LogP contribution in [-0.4, -0.2) is 37.4 Å². The second-order valence-corrected chi connectivity index (χ2v) is 5.00. The lowest BCUT2D eigenvalue weighted by atomic mass is 10.1. The minimum Gasteiger partial charge on any atom is -0.492 e. The smallest absolute Gasteiger partial charge is 0.314 e. The first-order valence-electron chi connectivity index (χ1n) is 6.62. The monoisotopic (exact) mass is 300 g/mol. The number of carbonyl (C=O) groups is 1. The van der Waals surface area contributed by atoms with Crippen molar-refractivity contribution in [1.29, 1.82) is 0 Å². The minimum absolute atomic E-state index is 0.137. The standard InChI is InChI=1S/C14H21ClN2O3/c1-11(5-7-18)10-17-14(19)16-6-8-20-13-4-2-3-12(15)9-13/h2-4,9,11,18H,5-8,10H2,1H3,(H2,16,17,19). The van der Waals surface area contributed by atoms with E-state index in [1.807, 2.05) is 13.0 Å². The fourth-order valence-electron chi connectivity index (χ4n) is 1.54. The van der Waals surface area contributed by atoms with E-state index in [4.69, 9.17) is 21.4 Å². The number of hydrogen-bond donors (Lipinski definition) is 3. The van der Waals surface area contributed by atoms with Crippen molar-refractivity contribution in [2.45, 2.75) is 13.3 Å². The largest absolute Gasteiger partial charge is 0.492 e. The van der Waals surface area contributed by atoms with Gasteiger partial charge in [0.2, 0.25) is 0 Å². The third kappa shape index (κ3) is 7.21. The fraction of sp³-hybridized carbons (Fsp3) is 0.500. The lowest BCUT2D eigenvalue weighted by molar-refractivity contribution is 0.230. The van der Waals surface area contributed by atoms with E-state index in [0.29, 0.717) is 36.9 Å². The third-order valence-electron chi connectivity index (χ3n) is 2.69. The highest BCUT2D eigenvalue weighted by Gasteiger charge is 2.04. The lowest BCUT2D eigenvalue weighted by Gasteiger charge is -2.12. The zero-order valence-electron chi connectivity index (χ0n) is 11.6. The molecule has 0 spiro atoms. The molecule has 5 nitrogen and oxygen atoms in total. The molecule has 0 radical (unpaired) electrons. The molecule has 0 fully saturated rings. The van der Waals surface area contributed by atoms with E-state index < -0.39 is 0 Å². The van der Waals surface area contributed by atoms with Gasteiger partial charge in [0, 0.05) is 18.2 Å². The maximum absolute atomic E-state index is 11.5. The van der Waals surface area contributed by atoms with E-state index in [1.165, 1.54) is 0 Å². The van der Waals surface area contributed by atoms with Gasteiger partial charge < -0.3 is 20.5 Å². The van der Waals surface area contributed by atoms with Crippen molar-refractivity contribution < 1.29 is 14.6 Å². The summed E-state index contributed by atoms with van der Waals surface area (Å²) in [6.45, 7) is 3.44. The zero-order chi connectivity index (χ0) is 14.8. The number of urea groups is 1. The van der Waals surface area contributed by atoms with Crippen molar-refractivity contribution >= 4 is 17.6 Å². The Bertz CT molecular complexity index is 415. The molecule has 6 heteroatoms. The fourth-order valence-corrected chi connectivity index (χ4v) is 1.72. The molecule has 1 rings (SSSR count). The number of ether oxygens (including phenoxy) is 1. The van der Waals surface area contributed by atoms with E-state index >= 15 is 0 Å². The van der Waals surface area contributed by atoms with Crippen molar-refractivity contribution in [3.05, 3.63) is 29.3 Å². The van der Waals surface area contributed by atoms with Gasteiger partial charge in [-0.3, -0.25) is 0 Å². The molecule has 0 aromatic heterocycles. The average molecular weight is 301 g/mol. The molecule has 0 aliphatic carbocycles. The van der Waals surface area contributed by atoms with Gasteiger partial charge >= 0.3 is 6.03 Å². The first kappa shape index (κ1) is 16.6. The van der Waals surface area contributed by atoms with Crippen LogP contribution >= 0.6 is 11.6 Å². The Morgan fingerprint density at radius 2 is 2.25 bits per heavy atom. The molecule has 0 heterocycles.